The van der Waals surface area contributed by atoms with Gasteiger partial charge in [-0.1, -0.05) is 43.9 Å². The van der Waals surface area contributed by atoms with Gasteiger partial charge in [-0.05, 0) is 76.3 Å². The highest BCUT2D eigenvalue weighted by Gasteiger charge is 2.49. The maximum absolute atomic E-state index is 11.2. The van der Waals surface area contributed by atoms with E-state index in [1.165, 1.54) is 0 Å². The average Bonchev–Trinajstić information content (AvgIpc) is 3.45. The molecule has 0 aromatic heterocycles. The monoisotopic (exact) mass is 404 g/mol. The highest BCUT2D eigenvalue weighted by Crippen LogP contribution is 2.50. The normalized spacial score (nSPS) is 15.2. The molecule has 0 unspecified atom stereocenters. The van der Waals surface area contributed by atoms with E-state index < -0.39 is 22.8 Å². The SMILES string of the molecule is CC(C)(CCCCCCc1cccc(CCCCC2(C(=O)O)CC2)c1O)C(=O)O. The summed E-state index contributed by atoms with van der Waals surface area (Å²) in [7, 11) is 0. The standard InChI is InChI=1S/C24H36O5/c1-23(2,21(26)27)14-7-4-3-5-10-18-12-9-13-19(20(18)25)11-6-8-15-24(16-17-24)22(28)29/h9,12-13,25H,3-8,10-11,14-17H2,1-2H3,(H,26,27)(H,28,29). The summed E-state index contributed by atoms with van der Waals surface area (Å²) in [6, 6.07) is 5.91. The van der Waals surface area contributed by atoms with Crippen LogP contribution in [0.2, 0.25) is 0 Å². The molecule has 1 saturated carbocycles. The molecule has 3 N–H and O–H groups in total. The number of aliphatic carboxylic acids is 2. The molecular formula is C24H36O5. The van der Waals surface area contributed by atoms with E-state index in [1.807, 2.05) is 18.2 Å². The molecule has 1 aliphatic carbocycles. The molecular weight excluding hydrogens is 368 g/mol. The van der Waals surface area contributed by atoms with Crippen molar-refractivity contribution in [3.63, 3.8) is 0 Å². The van der Waals surface area contributed by atoms with Crippen LogP contribution in [-0.4, -0.2) is 27.3 Å². The number of aryl methyl sites for hydroxylation is 2. The van der Waals surface area contributed by atoms with Crippen molar-refractivity contribution in [1.82, 2.24) is 0 Å². The first-order chi connectivity index (χ1) is 13.7. The fraction of sp³-hybridized carbons (Fsp3) is 0.667. The minimum Gasteiger partial charge on any atom is -0.507 e. The molecule has 0 radical (unpaired) electrons. The molecule has 1 aromatic carbocycles. The summed E-state index contributed by atoms with van der Waals surface area (Å²) in [6.07, 6.45) is 10.3. The first-order valence-corrected chi connectivity index (χ1v) is 10.9. The van der Waals surface area contributed by atoms with Gasteiger partial charge in [-0.15, -0.1) is 0 Å². The molecule has 0 amide bonds. The number of para-hydroxylation sites is 1. The summed E-state index contributed by atoms with van der Waals surface area (Å²) in [4.78, 5) is 22.3. The molecule has 0 aliphatic heterocycles. The fourth-order valence-electron chi connectivity index (χ4n) is 3.89. The van der Waals surface area contributed by atoms with Crippen LogP contribution >= 0.6 is 0 Å². The molecule has 29 heavy (non-hydrogen) atoms. The quantitative estimate of drug-likeness (QED) is 0.352. The third kappa shape index (κ3) is 6.76. The molecule has 162 valence electrons. The molecule has 0 heterocycles. The first kappa shape index (κ1) is 23.2. The van der Waals surface area contributed by atoms with E-state index in [0.29, 0.717) is 12.2 Å². The van der Waals surface area contributed by atoms with Crippen LogP contribution in [-0.2, 0) is 22.4 Å². The molecule has 1 fully saturated rings. The number of hydrogen-bond donors (Lipinski definition) is 3. The van der Waals surface area contributed by atoms with Gasteiger partial charge >= 0.3 is 11.9 Å². The van der Waals surface area contributed by atoms with Gasteiger partial charge in [0.05, 0.1) is 10.8 Å². The zero-order valence-electron chi connectivity index (χ0n) is 17.9. The molecule has 1 aromatic rings. The van der Waals surface area contributed by atoms with E-state index in [-0.39, 0.29) is 0 Å². The maximum atomic E-state index is 11.2. The fourth-order valence-corrected chi connectivity index (χ4v) is 3.89. The van der Waals surface area contributed by atoms with Gasteiger partial charge in [-0.3, -0.25) is 9.59 Å². The van der Waals surface area contributed by atoms with Gasteiger partial charge in [-0.2, -0.15) is 0 Å². The van der Waals surface area contributed by atoms with Gasteiger partial charge in [0.2, 0.25) is 0 Å². The molecule has 0 saturated heterocycles. The molecule has 5 nitrogen and oxygen atoms in total. The molecule has 0 spiro atoms. The molecule has 0 atom stereocenters. The van der Waals surface area contributed by atoms with E-state index in [2.05, 4.69) is 0 Å². The second-order valence-corrected chi connectivity index (χ2v) is 9.32. The number of phenolic OH excluding ortho intramolecular Hbond substituents is 1. The van der Waals surface area contributed by atoms with Crippen molar-refractivity contribution in [1.29, 1.82) is 0 Å². The number of carbonyl (C=O) groups is 2. The Hall–Kier alpha value is -2.04. The Kier molecular flexibility index (Phi) is 8.12. The zero-order valence-corrected chi connectivity index (χ0v) is 17.9. The number of carboxylic acids is 2. The second-order valence-electron chi connectivity index (χ2n) is 9.32. The maximum Gasteiger partial charge on any atom is 0.309 e. The Bertz CT molecular complexity index is 703. The number of phenols is 1. The van der Waals surface area contributed by atoms with E-state index in [1.54, 1.807) is 13.8 Å². The van der Waals surface area contributed by atoms with Crippen LogP contribution in [0.15, 0.2) is 18.2 Å². The lowest BCUT2D eigenvalue weighted by Gasteiger charge is -2.18. The molecule has 0 bridgehead atoms. The smallest absolute Gasteiger partial charge is 0.309 e. The number of unbranched alkanes of at least 4 members (excludes halogenated alkanes) is 4. The third-order valence-electron chi connectivity index (χ3n) is 6.44. The summed E-state index contributed by atoms with van der Waals surface area (Å²) in [5.41, 5.74) is 0.809. The predicted octanol–water partition coefficient (Wildman–Crippen LogP) is 5.57. The van der Waals surface area contributed by atoms with Crippen molar-refractivity contribution in [2.24, 2.45) is 10.8 Å². The zero-order chi connectivity index (χ0) is 21.5. The van der Waals surface area contributed by atoms with Crippen molar-refractivity contribution in [3.05, 3.63) is 29.3 Å². The number of hydrogen-bond acceptors (Lipinski definition) is 3. The first-order valence-electron chi connectivity index (χ1n) is 10.9. The third-order valence-corrected chi connectivity index (χ3v) is 6.44. The number of aromatic hydroxyl groups is 1. The van der Waals surface area contributed by atoms with Crippen molar-refractivity contribution < 1.29 is 24.9 Å². The summed E-state index contributed by atoms with van der Waals surface area (Å²) in [5.74, 6) is -1.01. The van der Waals surface area contributed by atoms with Crippen molar-refractivity contribution in [3.8, 4) is 5.75 Å². The Morgan fingerprint density at radius 3 is 2.00 bits per heavy atom. The predicted molar refractivity (Wildman–Crippen MR) is 113 cm³/mol. The van der Waals surface area contributed by atoms with Crippen LogP contribution in [0, 0.1) is 10.8 Å². The second kappa shape index (κ2) is 10.1. The number of rotatable bonds is 14. The van der Waals surface area contributed by atoms with E-state index in [9.17, 15) is 19.8 Å². The van der Waals surface area contributed by atoms with Crippen molar-refractivity contribution in [2.45, 2.75) is 90.9 Å². The molecule has 1 aliphatic rings. The van der Waals surface area contributed by atoms with Crippen LogP contribution < -0.4 is 0 Å². The van der Waals surface area contributed by atoms with E-state index in [0.717, 1.165) is 81.8 Å². The lowest BCUT2D eigenvalue weighted by atomic mass is 9.87. The highest BCUT2D eigenvalue weighted by molar-refractivity contribution is 5.77. The topological polar surface area (TPSA) is 94.8 Å². The van der Waals surface area contributed by atoms with Crippen LogP contribution in [0.5, 0.6) is 5.75 Å². The minimum atomic E-state index is -0.741. The Morgan fingerprint density at radius 1 is 0.931 bits per heavy atom. The highest BCUT2D eigenvalue weighted by atomic mass is 16.4. The van der Waals surface area contributed by atoms with Gasteiger partial charge in [0.1, 0.15) is 5.75 Å². The van der Waals surface area contributed by atoms with Gasteiger partial charge in [-0.25, -0.2) is 0 Å². The largest absolute Gasteiger partial charge is 0.507 e. The molecule has 5 heteroatoms. The van der Waals surface area contributed by atoms with Gasteiger partial charge in [0.25, 0.3) is 0 Å². The number of benzene rings is 1. The lowest BCUT2D eigenvalue weighted by molar-refractivity contribution is -0.147. The van der Waals surface area contributed by atoms with Crippen molar-refractivity contribution >= 4 is 11.9 Å². The Balaban J connectivity index is 1.68. The van der Waals surface area contributed by atoms with Crippen LogP contribution in [0.25, 0.3) is 0 Å². The lowest BCUT2D eigenvalue weighted by Crippen LogP contribution is -2.23. The summed E-state index contributed by atoms with van der Waals surface area (Å²) >= 11 is 0. The van der Waals surface area contributed by atoms with Crippen LogP contribution in [0.4, 0.5) is 0 Å². The van der Waals surface area contributed by atoms with Gasteiger partial charge in [0, 0.05) is 0 Å². The Labute approximate surface area is 174 Å². The summed E-state index contributed by atoms with van der Waals surface area (Å²) in [6.45, 7) is 3.54. The van der Waals surface area contributed by atoms with Gasteiger partial charge < -0.3 is 15.3 Å². The van der Waals surface area contributed by atoms with E-state index in [4.69, 9.17) is 5.11 Å². The Morgan fingerprint density at radius 2 is 1.48 bits per heavy atom. The minimum absolute atomic E-state index is 0.388. The van der Waals surface area contributed by atoms with E-state index >= 15 is 0 Å². The summed E-state index contributed by atoms with van der Waals surface area (Å²) in [5, 5.41) is 28.9. The number of carboxylic acid groups (broad SMARTS) is 2. The van der Waals surface area contributed by atoms with Crippen LogP contribution in [0.3, 0.4) is 0 Å². The molecule has 2 rings (SSSR count). The summed E-state index contributed by atoms with van der Waals surface area (Å²) < 4.78 is 0. The average molecular weight is 405 g/mol. The van der Waals surface area contributed by atoms with Crippen molar-refractivity contribution in [2.75, 3.05) is 0 Å². The van der Waals surface area contributed by atoms with Gasteiger partial charge in [0.15, 0.2) is 0 Å². The van der Waals surface area contributed by atoms with Crippen LogP contribution in [0.1, 0.15) is 89.2 Å².